The topological polar surface area (TPSA) is 78.9 Å². The molecule has 166 valence electrons. The minimum Gasteiger partial charge on any atom is -0.493 e. The predicted octanol–water partition coefficient (Wildman–Crippen LogP) is 4.48. The molecule has 0 saturated carbocycles. The van der Waals surface area contributed by atoms with Crippen LogP contribution in [0.4, 0.5) is 0 Å². The number of hydrogen-bond acceptors (Lipinski definition) is 6. The van der Waals surface area contributed by atoms with Crippen molar-refractivity contribution in [2.75, 3.05) is 20.5 Å². The lowest BCUT2D eigenvalue weighted by molar-refractivity contribution is 0.0994. The number of ether oxygens (including phenoxy) is 3. The standard InChI is InChI=1S/C25H24O6S/c1-29-23-13-11-21(18-8-5-9-20-19(18)10-12-22(20)26)24(25(23)30-2)31-15-16-6-4-7-17(14-16)32(3,27)28/h4-9,11,13-14H,10,12,15H2,1-3H3. The van der Waals surface area contributed by atoms with E-state index in [1.807, 2.05) is 30.3 Å². The van der Waals surface area contributed by atoms with Crippen LogP contribution in [-0.2, 0) is 22.9 Å². The van der Waals surface area contributed by atoms with Crippen LogP contribution in [0.15, 0.2) is 59.5 Å². The first-order valence-electron chi connectivity index (χ1n) is 10.2. The Kier molecular flexibility index (Phi) is 5.93. The van der Waals surface area contributed by atoms with Crippen molar-refractivity contribution in [1.29, 1.82) is 0 Å². The molecular formula is C25H24O6S. The van der Waals surface area contributed by atoms with E-state index in [1.54, 1.807) is 31.4 Å². The van der Waals surface area contributed by atoms with Crippen molar-refractivity contribution in [2.45, 2.75) is 24.3 Å². The van der Waals surface area contributed by atoms with Crippen LogP contribution < -0.4 is 14.2 Å². The highest BCUT2D eigenvalue weighted by molar-refractivity contribution is 7.90. The maximum absolute atomic E-state index is 12.3. The van der Waals surface area contributed by atoms with Crippen LogP contribution in [0.1, 0.15) is 27.9 Å². The molecule has 0 unspecified atom stereocenters. The highest BCUT2D eigenvalue weighted by Gasteiger charge is 2.26. The Balaban J connectivity index is 1.79. The smallest absolute Gasteiger partial charge is 0.203 e. The van der Waals surface area contributed by atoms with E-state index < -0.39 is 9.84 Å². The number of carbonyl (C=O) groups excluding carboxylic acids is 1. The van der Waals surface area contributed by atoms with Gasteiger partial charge in [0.15, 0.2) is 27.1 Å². The Hall–Kier alpha value is -3.32. The average molecular weight is 453 g/mol. The molecule has 0 saturated heterocycles. The molecule has 0 aliphatic heterocycles. The third-order valence-electron chi connectivity index (χ3n) is 5.58. The van der Waals surface area contributed by atoms with Gasteiger partial charge in [0, 0.05) is 23.8 Å². The fraction of sp³-hybridized carbons (Fsp3) is 0.240. The highest BCUT2D eigenvalue weighted by atomic mass is 32.2. The van der Waals surface area contributed by atoms with E-state index in [4.69, 9.17) is 14.2 Å². The molecule has 0 atom stereocenters. The van der Waals surface area contributed by atoms with Gasteiger partial charge in [-0.3, -0.25) is 4.79 Å². The quantitative estimate of drug-likeness (QED) is 0.526. The van der Waals surface area contributed by atoms with Gasteiger partial charge < -0.3 is 14.2 Å². The lowest BCUT2D eigenvalue weighted by atomic mass is 9.95. The van der Waals surface area contributed by atoms with Gasteiger partial charge in [-0.1, -0.05) is 30.3 Å². The molecular weight excluding hydrogens is 428 g/mol. The van der Waals surface area contributed by atoms with Gasteiger partial charge in [-0.15, -0.1) is 0 Å². The molecule has 0 amide bonds. The van der Waals surface area contributed by atoms with E-state index in [-0.39, 0.29) is 17.3 Å². The van der Waals surface area contributed by atoms with Crippen LogP contribution >= 0.6 is 0 Å². The first kappa shape index (κ1) is 21.9. The summed E-state index contributed by atoms with van der Waals surface area (Å²) in [5.74, 6) is 1.57. The molecule has 0 bridgehead atoms. The molecule has 0 N–H and O–H groups in total. The number of fused-ring (bicyclic) bond motifs is 1. The number of methoxy groups -OCH3 is 2. The minimum absolute atomic E-state index is 0.133. The minimum atomic E-state index is -3.33. The Morgan fingerprint density at radius 2 is 1.59 bits per heavy atom. The molecule has 0 radical (unpaired) electrons. The second kappa shape index (κ2) is 8.67. The lowest BCUT2D eigenvalue weighted by Gasteiger charge is -2.19. The Labute approximate surface area is 187 Å². The van der Waals surface area contributed by atoms with E-state index in [0.29, 0.717) is 35.7 Å². The average Bonchev–Trinajstić information content (AvgIpc) is 3.17. The number of Topliss-reactive ketones (excluding diaryl/α,β-unsaturated/α-hetero) is 1. The van der Waals surface area contributed by atoms with Gasteiger partial charge in [0.25, 0.3) is 0 Å². The first-order valence-corrected chi connectivity index (χ1v) is 12.0. The van der Waals surface area contributed by atoms with Gasteiger partial charge in [0.1, 0.15) is 6.61 Å². The van der Waals surface area contributed by atoms with Crippen LogP contribution in [0, 0.1) is 0 Å². The first-order chi connectivity index (χ1) is 15.3. The second-order valence-corrected chi connectivity index (χ2v) is 9.66. The molecule has 0 aromatic heterocycles. The summed E-state index contributed by atoms with van der Waals surface area (Å²) in [7, 11) is -0.236. The van der Waals surface area contributed by atoms with Gasteiger partial charge in [0.05, 0.1) is 19.1 Å². The largest absolute Gasteiger partial charge is 0.493 e. The molecule has 0 fully saturated rings. The van der Waals surface area contributed by atoms with Gasteiger partial charge in [-0.2, -0.15) is 0 Å². The van der Waals surface area contributed by atoms with Crippen LogP contribution in [0.2, 0.25) is 0 Å². The summed E-state index contributed by atoms with van der Waals surface area (Å²) in [5.41, 5.74) is 4.14. The second-order valence-electron chi connectivity index (χ2n) is 7.64. The van der Waals surface area contributed by atoms with Gasteiger partial charge >= 0.3 is 0 Å². The number of benzene rings is 3. The number of carbonyl (C=O) groups is 1. The number of ketones is 1. The van der Waals surface area contributed by atoms with Crippen molar-refractivity contribution in [1.82, 2.24) is 0 Å². The van der Waals surface area contributed by atoms with E-state index in [1.165, 1.54) is 13.4 Å². The Morgan fingerprint density at radius 1 is 0.844 bits per heavy atom. The number of hydrogen-bond donors (Lipinski definition) is 0. The van der Waals surface area contributed by atoms with Crippen LogP contribution in [0.25, 0.3) is 11.1 Å². The zero-order valence-electron chi connectivity index (χ0n) is 18.2. The number of rotatable bonds is 7. The van der Waals surface area contributed by atoms with E-state index in [0.717, 1.165) is 22.3 Å². The van der Waals surface area contributed by atoms with Crippen molar-refractivity contribution in [3.63, 3.8) is 0 Å². The molecule has 3 aromatic carbocycles. The van der Waals surface area contributed by atoms with Gasteiger partial charge in [-0.25, -0.2) is 8.42 Å². The molecule has 1 aliphatic carbocycles. The van der Waals surface area contributed by atoms with E-state index in [9.17, 15) is 13.2 Å². The van der Waals surface area contributed by atoms with Crippen molar-refractivity contribution in [3.8, 4) is 28.4 Å². The molecule has 0 heterocycles. The normalized spacial score (nSPS) is 13.0. The Morgan fingerprint density at radius 3 is 2.31 bits per heavy atom. The molecule has 0 spiro atoms. The van der Waals surface area contributed by atoms with Crippen molar-refractivity contribution in [3.05, 3.63) is 71.3 Å². The summed E-state index contributed by atoms with van der Waals surface area (Å²) in [5, 5.41) is 0. The van der Waals surface area contributed by atoms with Crippen molar-refractivity contribution in [2.24, 2.45) is 0 Å². The lowest BCUT2D eigenvalue weighted by Crippen LogP contribution is -2.04. The SMILES string of the molecule is COc1ccc(-c2cccc3c2CCC3=O)c(OCc2cccc(S(C)(=O)=O)c2)c1OC. The summed E-state index contributed by atoms with van der Waals surface area (Å²) in [6, 6.07) is 16.0. The maximum Gasteiger partial charge on any atom is 0.203 e. The molecule has 3 aromatic rings. The zero-order valence-corrected chi connectivity index (χ0v) is 19.0. The van der Waals surface area contributed by atoms with Gasteiger partial charge in [-0.05, 0) is 47.4 Å². The van der Waals surface area contributed by atoms with E-state index >= 15 is 0 Å². The third-order valence-corrected chi connectivity index (χ3v) is 6.69. The zero-order chi connectivity index (χ0) is 22.9. The maximum atomic E-state index is 12.3. The van der Waals surface area contributed by atoms with Crippen molar-refractivity contribution >= 4 is 15.6 Å². The highest BCUT2D eigenvalue weighted by Crippen LogP contribution is 2.46. The monoisotopic (exact) mass is 452 g/mol. The summed E-state index contributed by atoms with van der Waals surface area (Å²) in [6.45, 7) is 0.133. The predicted molar refractivity (Wildman–Crippen MR) is 122 cm³/mol. The third kappa shape index (κ3) is 4.08. The van der Waals surface area contributed by atoms with E-state index in [2.05, 4.69) is 0 Å². The molecule has 6 nitrogen and oxygen atoms in total. The fourth-order valence-corrected chi connectivity index (χ4v) is 4.71. The summed E-state index contributed by atoms with van der Waals surface area (Å²) in [4.78, 5) is 12.5. The Bertz CT molecular complexity index is 1290. The number of sulfone groups is 1. The summed E-state index contributed by atoms with van der Waals surface area (Å²) >= 11 is 0. The summed E-state index contributed by atoms with van der Waals surface area (Å²) in [6.07, 6.45) is 2.34. The van der Waals surface area contributed by atoms with Crippen LogP contribution in [0.3, 0.4) is 0 Å². The van der Waals surface area contributed by atoms with Crippen LogP contribution in [-0.4, -0.2) is 34.7 Å². The molecule has 4 rings (SSSR count). The fourth-order valence-electron chi connectivity index (χ4n) is 4.02. The van der Waals surface area contributed by atoms with Crippen molar-refractivity contribution < 1.29 is 27.4 Å². The molecule has 7 heteroatoms. The summed E-state index contributed by atoms with van der Waals surface area (Å²) < 4.78 is 41.1. The molecule has 1 aliphatic rings. The van der Waals surface area contributed by atoms with Crippen LogP contribution in [0.5, 0.6) is 17.2 Å². The molecule has 32 heavy (non-hydrogen) atoms. The van der Waals surface area contributed by atoms with Gasteiger partial charge in [0.2, 0.25) is 5.75 Å².